The maximum absolute atomic E-state index is 12.6. The second-order valence-electron chi connectivity index (χ2n) is 25.3. The average Bonchev–Trinajstić information content (AvgIpc) is 3.45. The molecule has 6 nitrogen and oxygen atoms in total. The van der Waals surface area contributed by atoms with Gasteiger partial charge in [0.2, 0.25) is 5.91 Å². The van der Waals surface area contributed by atoms with E-state index in [1.807, 2.05) is 0 Å². The van der Waals surface area contributed by atoms with Crippen LogP contribution >= 0.6 is 0 Å². The minimum absolute atomic E-state index is 0.0163. The van der Waals surface area contributed by atoms with Crippen molar-refractivity contribution in [3.05, 3.63) is 12.2 Å². The Morgan fingerprint density at radius 1 is 0.342 bits per heavy atom. The van der Waals surface area contributed by atoms with E-state index in [0.717, 1.165) is 38.5 Å². The number of allylic oxidation sites excluding steroid dienone is 2. The van der Waals surface area contributed by atoms with E-state index in [1.165, 1.54) is 347 Å². The van der Waals surface area contributed by atoms with E-state index in [1.54, 1.807) is 0 Å². The zero-order valence-corrected chi connectivity index (χ0v) is 53.9. The number of ether oxygens (including phenoxy) is 1. The third-order valence-electron chi connectivity index (χ3n) is 17.3. The SMILES string of the molecule is CCCCCCCCCCCCCCCCCCCCCCCCCC(O)C(CO)NC(=O)CCCCCCCCC/C=C\CCCCCCCCCCCCCCOC(=O)CCCCCCCCCCCCCCCCCC. The van der Waals surface area contributed by atoms with Crippen LogP contribution in [0.25, 0.3) is 0 Å². The van der Waals surface area contributed by atoms with Gasteiger partial charge >= 0.3 is 5.97 Å². The largest absolute Gasteiger partial charge is 0.466 e. The molecule has 79 heavy (non-hydrogen) atoms. The molecule has 3 N–H and O–H groups in total. The Morgan fingerprint density at radius 2 is 0.595 bits per heavy atom. The molecule has 0 aromatic rings. The van der Waals surface area contributed by atoms with Crippen LogP contribution in [0.2, 0.25) is 0 Å². The molecule has 0 bridgehead atoms. The lowest BCUT2D eigenvalue weighted by molar-refractivity contribution is -0.143. The fourth-order valence-corrected chi connectivity index (χ4v) is 11.8. The summed E-state index contributed by atoms with van der Waals surface area (Å²) < 4.78 is 5.50. The number of esters is 1. The first-order chi connectivity index (χ1) is 39.0. The van der Waals surface area contributed by atoms with Crippen molar-refractivity contribution in [3.63, 3.8) is 0 Å². The molecule has 0 saturated heterocycles. The zero-order chi connectivity index (χ0) is 57.1. The van der Waals surface area contributed by atoms with Crippen molar-refractivity contribution in [3.8, 4) is 0 Å². The number of aliphatic hydroxyl groups excluding tert-OH is 2. The number of carbonyl (C=O) groups excluding carboxylic acids is 2. The molecule has 2 atom stereocenters. The molecule has 2 unspecified atom stereocenters. The van der Waals surface area contributed by atoms with Gasteiger partial charge in [-0.05, 0) is 51.4 Å². The maximum Gasteiger partial charge on any atom is 0.305 e. The van der Waals surface area contributed by atoms with Crippen molar-refractivity contribution in [1.82, 2.24) is 5.32 Å². The van der Waals surface area contributed by atoms with E-state index >= 15 is 0 Å². The van der Waals surface area contributed by atoms with Gasteiger partial charge in [-0.25, -0.2) is 0 Å². The fourth-order valence-electron chi connectivity index (χ4n) is 11.8. The highest BCUT2D eigenvalue weighted by Crippen LogP contribution is 2.19. The third kappa shape index (κ3) is 65.6. The average molecular weight is 1110 g/mol. The van der Waals surface area contributed by atoms with Crippen molar-refractivity contribution >= 4 is 11.9 Å². The maximum atomic E-state index is 12.6. The molecular formula is C73H143NO5. The first-order valence-electron chi connectivity index (χ1n) is 36.4. The molecule has 0 saturated carbocycles. The lowest BCUT2D eigenvalue weighted by Crippen LogP contribution is -2.45. The molecule has 0 fully saturated rings. The predicted octanol–water partition coefficient (Wildman–Crippen LogP) is 23.5. The van der Waals surface area contributed by atoms with E-state index < -0.39 is 12.1 Å². The van der Waals surface area contributed by atoms with Gasteiger partial charge in [0, 0.05) is 12.8 Å². The Bertz CT molecular complexity index is 1190. The van der Waals surface area contributed by atoms with Gasteiger partial charge in [-0.2, -0.15) is 0 Å². The Morgan fingerprint density at radius 3 is 0.899 bits per heavy atom. The second-order valence-corrected chi connectivity index (χ2v) is 25.3. The highest BCUT2D eigenvalue weighted by atomic mass is 16.5. The number of hydrogen-bond acceptors (Lipinski definition) is 5. The molecule has 6 heteroatoms. The van der Waals surface area contributed by atoms with Crippen LogP contribution in [0.5, 0.6) is 0 Å². The standard InChI is InChI=1S/C73H143NO5/c1-3-5-7-9-11-13-15-17-19-21-22-23-25-28-31-34-37-41-45-49-53-57-61-65-71(76)70(69-75)74-72(77)66-62-58-54-50-46-42-38-35-32-29-26-24-27-30-33-36-40-44-48-52-56-60-64-68-79-73(78)67-63-59-55-51-47-43-39-20-18-16-14-12-10-8-6-4-2/h29,32,70-71,75-76H,3-28,30-31,33-69H2,1-2H3,(H,74,77)/b32-29-. The summed E-state index contributed by atoms with van der Waals surface area (Å²) in [5.74, 6) is -0.0196. The summed E-state index contributed by atoms with van der Waals surface area (Å²) in [6, 6.07) is -0.547. The van der Waals surface area contributed by atoms with Crippen molar-refractivity contribution in [2.24, 2.45) is 0 Å². The van der Waals surface area contributed by atoms with Gasteiger partial charge in [-0.15, -0.1) is 0 Å². The van der Waals surface area contributed by atoms with Gasteiger partial charge < -0.3 is 20.3 Å². The first kappa shape index (κ1) is 77.6. The lowest BCUT2D eigenvalue weighted by atomic mass is 10.0. The molecular weight excluding hydrogens is 971 g/mol. The third-order valence-corrected chi connectivity index (χ3v) is 17.3. The molecule has 0 rings (SSSR count). The van der Waals surface area contributed by atoms with E-state index in [0.29, 0.717) is 25.9 Å². The fraction of sp³-hybridized carbons (Fsp3) is 0.945. The number of amides is 1. The summed E-state index contributed by atoms with van der Waals surface area (Å²) in [7, 11) is 0. The van der Waals surface area contributed by atoms with Gasteiger partial charge in [0.15, 0.2) is 0 Å². The molecule has 0 aliphatic carbocycles. The summed E-state index contributed by atoms with van der Waals surface area (Å²) in [6.45, 7) is 5.00. The summed E-state index contributed by atoms with van der Waals surface area (Å²) in [4.78, 5) is 24.6. The molecule has 0 radical (unpaired) electrons. The monoisotopic (exact) mass is 1110 g/mol. The quantitative estimate of drug-likeness (QED) is 0.0320. The van der Waals surface area contributed by atoms with Crippen molar-refractivity contribution in [2.75, 3.05) is 13.2 Å². The number of nitrogens with one attached hydrogen (secondary N) is 1. The Labute approximate surface area is 495 Å². The van der Waals surface area contributed by atoms with Crippen molar-refractivity contribution < 1.29 is 24.5 Å². The molecule has 470 valence electrons. The van der Waals surface area contributed by atoms with Gasteiger partial charge in [0.1, 0.15) is 0 Å². The molecule has 0 aliphatic rings. The van der Waals surface area contributed by atoms with Crippen LogP contribution < -0.4 is 5.32 Å². The van der Waals surface area contributed by atoms with Crippen LogP contribution in [0, 0.1) is 0 Å². The first-order valence-corrected chi connectivity index (χ1v) is 36.4. The van der Waals surface area contributed by atoms with Gasteiger partial charge in [0.05, 0.1) is 25.4 Å². The molecule has 0 spiro atoms. The smallest absolute Gasteiger partial charge is 0.305 e. The summed E-state index contributed by atoms with van der Waals surface area (Å²) in [6.07, 6.45) is 85.5. The second kappa shape index (κ2) is 69.1. The Kier molecular flexibility index (Phi) is 67.9. The topological polar surface area (TPSA) is 95.9 Å². The van der Waals surface area contributed by atoms with Crippen LogP contribution in [0.15, 0.2) is 12.2 Å². The summed E-state index contributed by atoms with van der Waals surface area (Å²) >= 11 is 0. The minimum Gasteiger partial charge on any atom is -0.466 e. The normalized spacial score (nSPS) is 12.5. The summed E-state index contributed by atoms with van der Waals surface area (Å²) in [5.41, 5.74) is 0. The van der Waals surface area contributed by atoms with E-state index in [4.69, 9.17) is 4.74 Å². The number of rotatable bonds is 69. The molecule has 0 aromatic heterocycles. The van der Waals surface area contributed by atoms with Crippen molar-refractivity contribution in [2.45, 2.75) is 431 Å². The summed E-state index contributed by atoms with van der Waals surface area (Å²) in [5, 5.41) is 23.4. The van der Waals surface area contributed by atoms with Gasteiger partial charge in [-0.3, -0.25) is 9.59 Å². The minimum atomic E-state index is -0.669. The number of aliphatic hydroxyl groups is 2. The number of carbonyl (C=O) groups is 2. The Hall–Kier alpha value is -1.40. The Balaban J connectivity index is 3.39. The highest BCUT2D eigenvalue weighted by molar-refractivity contribution is 5.76. The van der Waals surface area contributed by atoms with Gasteiger partial charge in [-0.1, -0.05) is 366 Å². The van der Waals surface area contributed by atoms with Crippen LogP contribution in [-0.2, 0) is 14.3 Å². The number of hydrogen-bond donors (Lipinski definition) is 3. The van der Waals surface area contributed by atoms with Crippen LogP contribution in [0.3, 0.4) is 0 Å². The zero-order valence-electron chi connectivity index (χ0n) is 53.9. The number of unbranched alkanes of at least 4 members (excludes halogenated alkanes) is 56. The molecule has 0 aliphatic heterocycles. The van der Waals surface area contributed by atoms with E-state index in [-0.39, 0.29) is 18.5 Å². The van der Waals surface area contributed by atoms with Crippen LogP contribution in [0.1, 0.15) is 418 Å². The highest BCUT2D eigenvalue weighted by Gasteiger charge is 2.20. The lowest BCUT2D eigenvalue weighted by Gasteiger charge is -2.22. The van der Waals surface area contributed by atoms with E-state index in [9.17, 15) is 19.8 Å². The van der Waals surface area contributed by atoms with Crippen LogP contribution in [0.4, 0.5) is 0 Å². The van der Waals surface area contributed by atoms with E-state index in [2.05, 4.69) is 31.3 Å². The van der Waals surface area contributed by atoms with Gasteiger partial charge in [0.25, 0.3) is 0 Å². The molecule has 0 heterocycles. The molecule has 1 amide bonds. The molecule has 0 aromatic carbocycles. The van der Waals surface area contributed by atoms with Crippen molar-refractivity contribution in [1.29, 1.82) is 0 Å². The predicted molar refractivity (Wildman–Crippen MR) is 347 cm³/mol. The van der Waals surface area contributed by atoms with Crippen LogP contribution in [-0.4, -0.2) is 47.4 Å².